The number of rotatable bonds is 3. The van der Waals surface area contributed by atoms with Crippen molar-refractivity contribution >= 4 is 5.78 Å². The molecule has 4 bridgehead atoms. The molecule has 0 radical (unpaired) electrons. The maximum Gasteiger partial charge on any atom is 0.136 e. The Labute approximate surface area is 116 Å². The molecule has 0 aromatic heterocycles. The van der Waals surface area contributed by atoms with Gasteiger partial charge in [-0.2, -0.15) is 0 Å². The largest absolute Gasteiger partial charge is 0.317 e. The molecule has 106 valence electrons. The first-order valence-electron chi connectivity index (χ1n) is 8.46. The molecule has 2 nitrogen and oxygen atoms in total. The average molecular weight is 261 g/mol. The average Bonchev–Trinajstić information content (AvgIpc) is 2.37. The highest BCUT2D eigenvalue weighted by Crippen LogP contribution is 2.61. The first kappa shape index (κ1) is 12.4. The second-order valence-electron chi connectivity index (χ2n) is 8.08. The smallest absolute Gasteiger partial charge is 0.136 e. The molecular formula is C17H27NO. The standard InChI is InChI=1S/C17H27NO/c19-16(15-1-3-18-4-2-15)11-17-8-12-5-13(9-17)7-14(6-12)10-17/h12-15,18H,1-11H2. The van der Waals surface area contributed by atoms with E-state index < -0.39 is 0 Å². The van der Waals surface area contributed by atoms with Crippen molar-refractivity contribution in [2.75, 3.05) is 13.1 Å². The van der Waals surface area contributed by atoms with Crippen molar-refractivity contribution in [3.05, 3.63) is 0 Å². The van der Waals surface area contributed by atoms with Crippen molar-refractivity contribution in [3.8, 4) is 0 Å². The number of piperidine rings is 1. The monoisotopic (exact) mass is 261 g/mol. The summed E-state index contributed by atoms with van der Waals surface area (Å²) in [6, 6.07) is 0. The van der Waals surface area contributed by atoms with E-state index in [1.54, 1.807) is 0 Å². The molecule has 0 spiro atoms. The van der Waals surface area contributed by atoms with Gasteiger partial charge in [0, 0.05) is 12.3 Å². The topological polar surface area (TPSA) is 29.1 Å². The van der Waals surface area contributed by atoms with Gasteiger partial charge in [-0.15, -0.1) is 0 Å². The van der Waals surface area contributed by atoms with Gasteiger partial charge in [0.05, 0.1) is 0 Å². The number of hydrogen-bond donors (Lipinski definition) is 1. The molecular weight excluding hydrogens is 234 g/mol. The molecule has 2 heteroatoms. The summed E-state index contributed by atoms with van der Waals surface area (Å²) in [4.78, 5) is 12.7. The van der Waals surface area contributed by atoms with Crippen LogP contribution in [-0.4, -0.2) is 18.9 Å². The van der Waals surface area contributed by atoms with Gasteiger partial charge in [-0.25, -0.2) is 0 Å². The summed E-state index contributed by atoms with van der Waals surface area (Å²) in [5, 5.41) is 3.38. The van der Waals surface area contributed by atoms with Gasteiger partial charge >= 0.3 is 0 Å². The summed E-state index contributed by atoms with van der Waals surface area (Å²) in [5.74, 6) is 3.93. The van der Waals surface area contributed by atoms with Crippen LogP contribution in [0.4, 0.5) is 0 Å². The van der Waals surface area contributed by atoms with Gasteiger partial charge in [0.15, 0.2) is 0 Å². The van der Waals surface area contributed by atoms with Crippen LogP contribution in [0.25, 0.3) is 0 Å². The number of hydrogen-bond acceptors (Lipinski definition) is 2. The summed E-state index contributed by atoms with van der Waals surface area (Å²) in [5.41, 5.74) is 0.455. The van der Waals surface area contributed by atoms with E-state index in [9.17, 15) is 4.79 Å². The van der Waals surface area contributed by atoms with Crippen LogP contribution in [0.3, 0.4) is 0 Å². The third-order valence-corrected chi connectivity index (χ3v) is 6.51. The zero-order chi connectivity index (χ0) is 12.9. The minimum Gasteiger partial charge on any atom is -0.317 e. The first-order valence-corrected chi connectivity index (χ1v) is 8.46. The van der Waals surface area contributed by atoms with E-state index in [0.29, 0.717) is 17.1 Å². The fourth-order valence-corrected chi connectivity index (χ4v) is 6.16. The number of nitrogens with one attached hydrogen (secondary N) is 1. The summed E-state index contributed by atoms with van der Waals surface area (Å²) in [6.07, 6.45) is 11.7. The highest BCUT2D eigenvalue weighted by molar-refractivity contribution is 5.81. The van der Waals surface area contributed by atoms with Gasteiger partial charge in [-0.3, -0.25) is 4.79 Å². The van der Waals surface area contributed by atoms with E-state index >= 15 is 0 Å². The van der Waals surface area contributed by atoms with Crippen molar-refractivity contribution in [3.63, 3.8) is 0 Å². The lowest BCUT2D eigenvalue weighted by Crippen LogP contribution is -2.47. The highest BCUT2D eigenvalue weighted by Gasteiger charge is 2.51. The minimum absolute atomic E-state index is 0.384. The Kier molecular flexibility index (Phi) is 2.98. The van der Waals surface area contributed by atoms with Gasteiger partial charge < -0.3 is 5.32 Å². The van der Waals surface area contributed by atoms with E-state index in [-0.39, 0.29) is 0 Å². The molecule has 0 aromatic rings. The Morgan fingerprint density at radius 2 is 1.47 bits per heavy atom. The third kappa shape index (κ3) is 2.26. The molecule has 1 heterocycles. The van der Waals surface area contributed by atoms with Crippen molar-refractivity contribution in [2.45, 2.75) is 57.8 Å². The maximum atomic E-state index is 12.7. The van der Waals surface area contributed by atoms with E-state index in [0.717, 1.165) is 50.1 Å². The maximum absolute atomic E-state index is 12.7. The van der Waals surface area contributed by atoms with Crippen LogP contribution in [0.15, 0.2) is 0 Å². The lowest BCUT2D eigenvalue weighted by Gasteiger charge is -2.57. The summed E-state index contributed by atoms with van der Waals surface area (Å²) in [7, 11) is 0. The molecule has 4 saturated carbocycles. The Bertz CT molecular complexity index is 334. The molecule has 0 unspecified atom stereocenters. The number of carbonyl (C=O) groups excluding carboxylic acids is 1. The van der Waals surface area contributed by atoms with E-state index in [4.69, 9.17) is 0 Å². The highest BCUT2D eigenvalue weighted by atomic mass is 16.1. The molecule has 0 atom stereocenters. The van der Waals surface area contributed by atoms with E-state index in [1.807, 2.05) is 0 Å². The van der Waals surface area contributed by atoms with Crippen molar-refractivity contribution in [1.29, 1.82) is 0 Å². The van der Waals surface area contributed by atoms with E-state index in [2.05, 4.69) is 5.32 Å². The Hall–Kier alpha value is -0.370. The zero-order valence-corrected chi connectivity index (χ0v) is 12.0. The molecule has 19 heavy (non-hydrogen) atoms. The molecule has 0 amide bonds. The summed E-state index contributed by atoms with van der Waals surface area (Å²) >= 11 is 0. The fourth-order valence-electron chi connectivity index (χ4n) is 6.16. The van der Waals surface area contributed by atoms with Crippen molar-refractivity contribution in [1.82, 2.24) is 5.32 Å². The fraction of sp³-hybridized carbons (Fsp3) is 0.941. The molecule has 5 aliphatic rings. The van der Waals surface area contributed by atoms with Crippen LogP contribution in [0.2, 0.25) is 0 Å². The quantitative estimate of drug-likeness (QED) is 0.845. The first-order chi connectivity index (χ1) is 9.22. The van der Waals surface area contributed by atoms with Gasteiger partial charge in [-0.1, -0.05) is 0 Å². The molecule has 4 aliphatic carbocycles. The predicted octanol–water partition coefficient (Wildman–Crippen LogP) is 3.16. The van der Waals surface area contributed by atoms with Gasteiger partial charge in [0.2, 0.25) is 0 Å². The van der Waals surface area contributed by atoms with Crippen molar-refractivity contribution < 1.29 is 4.79 Å². The summed E-state index contributed by atoms with van der Waals surface area (Å²) < 4.78 is 0. The van der Waals surface area contributed by atoms with Crippen LogP contribution >= 0.6 is 0 Å². The van der Waals surface area contributed by atoms with Gasteiger partial charge in [-0.05, 0) is 87.6 Å². The number of Topliss-reactive ketones (excluding diaryl/α,β-unsaturated/α-hetero) is 1. The normalized spacial score (nSPS) is 45.6. The molecule has 1 N–H and O–H groups in total. The minimum atomic E-state index is 0.384. The van der Waals surface area contributed by atoms with Crippen LogP contribution < -0.4 is 5.32 Å². The summed E-state index contributed by atoms with van der Waals surface area (Å²) in [6.45, 7) is 2.11. The molecule has 5 fully saturated rings. The van der Waals surface area contributed by atoms with Gasteiger partial charge in [0.1, 0.15) is 5.78 Å². The number of carbonyl (C=O) groups is 1. The predicted molar refractivity (Wildman–Crippen MR) is 75.8 cm³/mol. The number of ketones is 1. The van der Waals surface area contributed by atoms with Gasteiger partial charge in [0.25, 0.3) is 0 Å². The lowest BCUT2D eigenvalue weighted by atomic mass is 9.48. The van der Waals surface area contributed by atoms with Crippen LogP contribution in [-0.2, 0) is 4.79 Å². The molecule has 1 aliphatic heterocycles. The molecule has 5 rings (SSSR count). The second-order valence-corrected chi connectivity index (χ2v) is 8.08. The third-order valence-electron chi connectivity index (χ3n) is 6.51. The van der Waals surface area contributed by atoms with Crippen LogP contribution in [0.1, 0.15) is 57.8 Å². The Morgan fingerprint density at radius 1 is 0.947 bits per heavy atom. The molecule has 0 aromatic carbocycles. The lowest BCUT2D eigenvalue weighted by molar-refractivity contribution is -0.131. The zero-order valence-electron chi connectivity index (χ0n) is 12.0. The molecule has 1 saturated heterocycles. The van der Waals surface area contributed by atoms with E-state index in [1.165, 1.54) is 38.5 Å². The van der Waals surface area contributed by atoms with Crippen LogP contribution in [0.5, 0.6) is 0 Å². The Balaban J connectivity index is 1.45. The van der Waals surface area contributed by atoms with Crippen LogP contribution in [0, 0.1) is 29.1 Å². The van der Waals surface area contributed by atoms with Crippen molar-refractivity contribution in [2.24, 2.45) is 29.1 Å². The SMILES string of the molecule is O=C(CC12CC3CC(CC(C3)C1)C2)C1CCNCC1. The second kappa shape index (κ2) is 4.58. The Morgan fingerprint density at radius 3 is 2.00 bits per heavy atom.